The Morgan fingerprint density at radius 2 is 2.20 bits per heavy atom. The lowest BCUT2D eigenvalue weighted by Gasteiger charge is -2.13. The molecule has 0 unspecified atom stereocenters. The first-order valence-corrected chi connectivity index (χ1v) is 7.39. The first-order valence-electron chi connectivity index (χ1n) is 7.02. The van der Waals surface area contributed by atoms with Crippen LogP contribution in [0.3, 0.4) is 0 Å². The Labute approximate surface area is 123 Å². The number of hydrogen-bond acceptors (Lipinski definition) is 2. The van der Waals surface area contributed by atoms with Crippen LogP contribution in [0.1, 0.15) is 24.8 Å². The molecule has 1 heterocycles. The summed E-state index contributed by atoms with van der Waals surface area (Å²) in [7, 11) is 0. The van der Waals surface area contributed by atoms with Crippen molar-refractivity contribution in [3.05, 3.63) is 35.0 Å². The second-order valence-electron chi connectivity index (χ2n) is 5.82. The molecule has 20 heavy (non-hydrogen) atoms. The zero-order valence-corrected chi connectivity index (χ0v) is 12.2. The van der Waals surface area contributed by atoms with E-state index in [0.717, 1.165) is 36.3 Å². The second kappa shape index (κ2) is 5.12. The molecule has 0 aliphatic heterocycles. The van der Waals surface area contributed by atoms with Gasteiger partial charge in [0.1, 0.15) is 0 Å². The highest BCUT2D eigenvalue weighted by Crippen LogP contribution is 2.50. The van der Waals surface area contributed by atoms with Gasteiger partial charge in [-0.2, -0.15) is 5.26 Å². The Kier molecular flexibility index (Phi) is 3.45. The third-order valence-electron chi connectivity index (χ3n) is 4.26. The van der Waals surface area contributed by atoms with Crippen LogP contribution in [0.15, 0.2) is 24.4 Å². The number of nitriles is 1. The van der Waals surface area contributed by atoms with Crippen molar-refractivity contribution >= 4 is 22.5 Å². The predicted molar refractivity (Wildman–Crippen MR) is 81.6 cm³/mol. The largest absolute Gasteiger partial charge is 0.347 e. The van der Waals surface area contributed by atoms with Crippen molar-refractivity contribution in [2.24, 2.45) is 11.1 Å². The zero-order valence-electron chi connectivity index (χ0n) is 11.4. The third kappa shape index (κ3) is 2.42. The molecule has 0 atom stereocenters. The van der Waals surface area contributed by atoms with Crippen LogP contribution in [-0.4, -0.2) is 11.1 Å². The Bertz CT molecular complexity index is 677. The molecule has 0 amide bonds. The number of rotatable bonds is 5. The molecule has 3 rings (SSSR count). The molecule has 1 aliphatic rings. The van der Waals surface area contributed by atoms with Crippen LogP contribution < -0.4 is 5.73 Å². The van der Waals surface area contributed by atoms with E-state index in [1.54, 1.807) is 0 Å². The summed E-state index contributed by atoms with van der Waals surface area (Å²) in [5, 5.41) is 11.0. The number of aromatic nitrogens is 1. The van der Waals surface area contributed by atoms with Gasteiger partial charge in [0.25, 0.3) is 0 Å². The molecule has 1 saturated carbocycles. The fourth-order valence-electron chi connectivity index (χ4n) is 2.92. The first kappa shape index (κ1) is 13.5. The molecule has 2 N–H and O–H groups in total. The Balaban J connectivity index is 2.01. The molecule has 4 heteroatoms. The summed E-state index contributed by atoms with van der Waals surface area (Å²) in [6.45, 7) is 1.55. The lowest BCUT2D eigenvalue weighted by molar-refractivity contribution is 0.439. The average Bonchev–Trinajstić information content (AvgIpc) is 3.09. The van der Waals surface area contributed by atoms with E-state index in [9.17, 15) is 0 Å². The molecule has 2 aromatic rings. The number of hydrogen-bond donors (Lipinski definition) is 1. The summed E-state index contributed by atoms with van der Waals surface area (Å²) in [5.74, 6) is 0. The standard InChI is InChI=1S/C16H18ClN3/c17-13-1-2-14-12(3-7-18)10-20(15(14)9-13)11-16(4-5-16)6-8-19/h1-2,9-10H,3-7,11,18H2. The van der Waals surface area contributed by atoms with E-state index in [0.29, 0.717) is 13.0 Å². The van der Waals surface area contributed by atoms with Gasteiger partial charge in [-0.25, -0.2) is 0 Å². The summed E-state index contributed by atoms with van der Waals surface area (Å²) in [5.41, 5.74) is 8.31. The quantitative estimate of drug-likeness (QED) is 0.915. The molecule has 0 radical (unpaired) electrons. The van der Waals surface area contributed by atoms with Crippen molar-refractivity contribution < 1.29 is 0 Å². The van der Waals surface area contributed by atoms with E-state index >= 15 is 0 Å². The molecular formula is C16H18ClN3. The number of fused-ring (bicyclic) bond motifs is 1. The van der Waals surface area contributed by atoms with Gasteiger partial charge in [0.2, 0.25) is 0 Å². The molecular weight excluding hydrogens is 270 g/mol. The van der Waals surface area contributed by atoms with Gasteiger partial charge in [0, 0.05) is 40.5 Å². The van der Waals surface area contributed by atoms with E-state index < -0.39 is 0 Å². The lowest BCUT2D eigenvalue weighted by Crippen LogP contribution is -2.10. The minimum absolute atomic E-state index is 0.184. The molecule has 1 aromatic carbocycles. The second-order valence-corrected chi connectivity index (χ2v) is 6.25. The molecule has 1 aliphatic carbocycles. The van der Waals surface area contributed by atoms with Gasteiger partial charge >= 0.3 is 0 Å². The summed E-state index contributed by atoms with van der Waals surface area (Å²) >= 11 is 6.13. The Morgan fingerprint density at radius 1 is 1.40 bits per heavy atom. The topological polar surface area (TPSA) is 54.7 Å². The number of nitrogens with zero attached hydrogens (tertiary/aromatic N) is 2. The van der Waals surface area contributed by atoms with Gasteiger partial charge in [-0.1, -0.05) is 17.7 Å². The van der Waals surface area contributed by atoms with E-state index in [2.05, 4.69) is 22.9 Å². The summed E-state index contributed by atoms with van der Waals surface area (Å²) in [4.78, 5) is 0. The SMILES string of the molecule is N#CCC1(Cn2cc(CCN)c3ccc(Cl)cc32)CC1. The maximum Gasteiger partial charge on any atom is 0.0628 e. The van der Waals surface area contributed by atoms with E-state index in [-0.39, 0.29) is 5.41 Å². The van der Waals surface area contributed by atoms with E-state index in [1.165, 1.54) is 10.9 Å². The monoisotopic (exact) mass is 287 g/mol. The van der Waals surface area contributed by atoms with Gasteiger partial charge in [-0.3, -0.25) is 0 Å². The predicted octanol–water partition coefficient (Wildman–Crippen LogP) is 3.49. The van der Waals surface area contributed by atoms with E-state index in [1.807, 2.05) is 12.1 Å². The van der Waals surface area contributed by atoms with Crippen molar-refractivity contribution in [3.63, 3.8) is 0 Å². The third-order valence-corrected chi connectivity index (χ3v) is 4.49. The molecule has 3 nitrogen and oxygen atoms in total. The van der Waals surface area contributed by atoms with Crippen LogP contribution >= 0.6 is 11.6 Å². The highest BCUT2D eigenvalue weighted by molar-refractivity contribution is 6.31. The first-order chi connectivity index (χ1) is 9.67. The van der Waals surface area contributed by atoms with Crippen LogP contribution in [0, 0.1) is 16.7 Å². The summed E-state index contributed by atoms with van der Waals surface area (Å²) in [6, 6.07) is 8.34. The van der Waals surface area contributed by atoms with Gasteiger partial charge in [0.05, 0.1) is 6.07 Å². The van der Waals surface area contributed by atoms with Gasteiger partial charge in [-0.05, 0) is 43.5 Å². The van der Waals surface area contributed by atoms with Crippen LogP contribution in [0.4, 0.5) is 0 Å². The summed E-state index contributed by atoms with van der Waals surface area (Å²) in [6.07, 6.45) is 5.99. The van der Waals surface area contributed by atoms with Crippen molar-refractivity contribution in [2.75, 3.05) is 6.54 Å². The fourth-order valence-corrected chi connectivity index (χ4v) is 3.09. The Hall–Kier alpha value is -1.50. The Morgan fingerprint density at radius 3 is 2.85 bits per heavy atom. The maximum absolute atomic E-state index is 8.97. The van der Waals surface area contributed by atoms with Crippen LogP contribution in [0.2, 0.25) is 5.02 Å². The molecule has 0 saturated heterocycles. The highest BCUT2D eigenvalue weighted by Gasteiger charge is 2.42. The van der Waals surface area contributed by atoms with Gasteiger partial charge in [-0.15, -0.1) is 0 Å². The smallest absolute Gasteiger partial charge is 0.0628 e. The maximum atomic E-state index is 8.97. The number of halogens is 1. The molecule has 104 valence electrons. The number of nitrogens with two attached hydrogens (primary N) is 1. The van der Waals surface area contributed by atoms with Crippen molar-refractivity contribution in [1.29, 1.82) is 5.26 Å². The minimum atomic E-state index is 0.184. The fraction of sp³-hybridized carbons (Fsp3) is 0.438. The molecule has 1 fully saturated rings. The van der Waals surface area contributed by atoms with Crippen LogP contribution in [-0.2, 0) is 13.0 Å². The van der Waals surface area contributed by atoms with Crippen molar-refractivity contribution in [1.82, 2.24) is 4.57 Å². The minimum Gasteiger partial charge on any atom is -0.347 e. The molecule has 0 spiro atoms. The van der Waals surface area contributed by atoms with Gasteiger partial charge in [0.15, 0.2) is 0 Å². The normalized spacial score (nSPS) is 16.2. The highest BCUT2D eigenvalue weighted by atomic mass is 35.5. The average molecular weight is 288 g/mol. The number of benzene rings is 1. The molecule has 1 aromatic heterocycles. The molecule has 0 bridgehead atoms. The van der Waals surface area contributed by atoms with Crippen molar-refractivity contribution in [2.45, 2.75) is 32.2 Å². The summed E-state index contributed by atoms with van der Waals surface area (Å²) < 4.78 is 2.26. The zero-order chi connectivity index (χ0) is 14.2. The van der Waals surface area contributed by atoms with Gasteiger partial charge < -0.3 is 10.3 Å². The van der Waals surface area contributed by atoms with Crippen molar-refractivity contribution in [3.8, 4) is 6.07 Å². The van der Waals surface area contributed by atoms with E-state index in [4.69, 9.17) is 22.6 Å². The van der Waals surface area contributed by atoms with Crippen LogP contribution in [0.25, 0.3) is 10.9 Å². The lowest BCUT2D eigenvalue weighted by atomic mass is 10.0. The van der Waals surface area contributed by atoms with Crippen LogP contribution in [0.5, 0.6) is 0 Å².